The van der Waals surface area contributed by atoms with E-state index in [4.69, 9.17) is 0 Å². The van der Waals surface area contributed by atoms with E-state index in [1.807, 2.05) is 41.0 Å². The van der Waals surface area contributed by atoms with Crippen LogP contribution >= 0.6 is 0 Å². The first kappa shape index (κ1) is 17.2. The summed E-state index contributed by atoms with van der Waals surface area (Å²) in [6.07, 6.45) is 0. The number of hydrogen-bond donors (Lipinski definition) is 3. The first-order valence-electron chi connectivity index (χ1n) is 9.83. The van der Waals surface area contributed by atoms with Gasteiger partial charge in [0.15, 0.2) is 6.04 Å². The van der Waals surface area contributed by atoms with Crippen LogP contribution in [0.15, 0.2) is 53.3 Å². The van der Waals surface area contributed by atoms with Crippen molar-refractivity contribution in [3.63, 3.8) is 0 Å². The Kier molecular flexibility index (Phi) is 4.24. The lowest BCUT2D eigenvalue weighted by Crippen LogP contribution is -3.16. The predicted octanol–water partition coefficient (Wildman–Crippen LogP) is 0.154. The van der Waals surface area contributed by atoms with Gasteiger partial charge in [-0.25, -0.2) is 14.2 Å². The van der Waals surface area contributed by atoms with Gasteiger partial charge in [-0.05, 0) is 24.3 Å². The Labute approximate surface area is 162 Å². The average Bonchev–Trinajstić information content (AvgIpc) is 3.14. The maximum Gasteiger partial charge on any atom is 0.441 e. The van der Waals surface area contributed by atoms with Gasteiger partial charge in [-0.15, -0.1) is 0 Å². The zero-order valence-corrected chi connectivity index (χ0v) is 15.6. The molecule has 6 nitrogen and oxygen atoms in total. The van der Waals surface area contributed by atoms with Crippen LogP contribution in [0.3, 0.4) is 0 Å². The summed E-state index contributed by atoms with van der Waals surface area (Å²) < 4.78 is 15.8. The Morgan fingerprint density at radius 3 is 2.68 bits per heavy atom. The number of H-pyrrole nitrogens is 1. The summed E-state index contributed by atoms with van der Waals surface area (Å²) in [4.78, 5) is 19.0. The molecule has 144 valence electrons. The molecule has 3 aromatic rings. The molecule has 3 N–H and O–H groups in total. The van der Waals surface area contributed by atoms with Crippen LogP contribution in [0.25, 0.3) is 10.9 Å². The van der Waals surface area contributed by atoms with E-state index in [9.17, 15) is 9.18 Å². The second-order valence-corrected chi connectivity index (χ2v) is 7.67. The molecule has 0 unspecified atom stereocenters. The molecule has 0 saturated carbocycles. The molecule has 2 aliphatic rings. The largest absolute Gasteiger partial charge is 0.441 e. The van der Waals surface area contributed by atoms with Crippen molar-refractivity contribution >= 4 is 22.4 Å². The molecular weight excluding hydrogens is 357 g/mol. The zero-order chi connectivity index (χ0) is 19.1. The van der Waals surface area contributed by atoms with Crippen LogP contribution in [0.2, 0.25) is 0 Å². The van der Waals surface area contributed by atoms with Gasteiger partial charge in [0.2, 0.25) is 5.82 Å². The van der Waals surface area contributed by atoms with Crippen molar-refractivity contribution in [2.45, 2.75) is 12.6 Å². The molecule has 0 bridgehead atoms. The predicted molar refractivity (Wildman–Crippen MR) is 106 cm³/mol. The summed E-state index contributed by atoms with van der Waals surface area (Å²) in [5, 5.41) is 4.61. The van der Waals surface area contributed by atoms with Gasteiger partial charge in [0.05, 0.1) is 37.3 Å². The van der Waals surface area contributed by atoms with Crippen LogP contribution in [0.5, 0.6) is 0 Å². The second kappa shape index (κ2) is 6.91. The number of piperazine rings is 1. The van der Waals surface area contributed by atoms with E-state index >= 15 is 0 Å². The number of aromatic amines is 1. The van der Waals surface area contributed by atoms with Gasteiger partial charge in [0.1, 0.15) is 24.4 Å². The third-order valence-electron chi connectivity index (χ3n) is 5.88. The highest BCUT2D eigenvalue weighted by atomic mass is 19.1. The number of quaternary nitrogens is 1. The number of nitrogens with zero attached hydrogens (tertiary/aromatic N) is 2. The summed E-state index contributed by atoms with van der Waals surface area (Å²) in [7, 11) is 0. The highest BCUT2D eigenvalue weighted by Gasteiger charge is 2.34. The number of para-hydroxylation sites is 2. The van der Waals surface area contributed by atoms with Crippen LogP contribution in [0.4, 0.5) is 15.9 Å². The first-order valence-corrected chi connectivity index (χ1v) is 9.83. The van der Waals surface area contributed by atoms with Crippen LogP contribution < -0.4 is 25.4 Å². The molecule has 3 heterocycles. The van der Waals surface area contributed by atoms with Gasteiger partial charge in [0, 0.05) is 0 Å². The van der Waals surface area contributed by atoms with Crippen molar-refractivity contribution in [1.29, 1.82) is 0 Å². The molecule has 0 aliphatic carbocycles. The summed E-state index contributed by atoms with van der Waals surface area (Å²) >= 11 is 0. The molecule has 1 aromatic heterocycles. The van der Waals surface area contributed by atoms with Crippen molar-refractivity contribution in [1.82, 2.24) is 4.98 Å². The molecule has 1 saturated heterocycles. The van der Waals surface area contributed by atoms with Gasteiger partial charge in [-0.2, -0.15) is 4.57 Å². The summed E-state index contributed by atoms with van der Waals surface area (Å²) in [5.41, 5.74) is 1.49. The molecule has 2 aromatic carbocycles. The van der Waals surface area contributed by atoms with Crippen molar-refractivity contribution in [2.24, 2.45) is 0 Å². The lowest BCUT2D eigenvalue weighted by molar-refractivity contribution is -0.902. The van der Waals surface area contributed by atoms with E-state index in [-0.39, 0.29) is 17.5 Å². The number of halogens is 1. The molecule has 1 atom stereocenters. The van der Waals surface area contributed by atoms with E-state index in [1.54, 1.807) is 6.07 Å². The van der Waals surface area contributed by atoms with Gasteiger partial charge >= 0.3 is 5.69 Å². The van der Waals surface area contributed by atoms with E-state index in [1.165, 1.54) is 11.0 Å². The van der Waals surface area contributed by atoms with E-state index in [0.717, 1.165) is 49.4 Å². The van der Waals surface area contributed by atoms with Gasteiger partial charge in [-0.1, -0.05) is 24.3 Å². The lowest BCUT2D eigenvalue weighted by atomic mass is 10.2. The van der Waals surface area contributed by atoms with Crippen LogP contribution in [-0.4, -0.2) is 43.7 Å². The topological polar surface area (TPSA) is 56.5 Å². The molecule has 2 aliphatic heterocycles. The smallest absolute Gasteiger partial charge is 0.358 e. The minimum absolute atomic E-state index is 0.0666. The normalized spacial score (nSPS) is 19.6. The van der Waals surface area contributed by atoms with Crippen molar-refractivity contribution in [3.05, 3.63) is 64.8 Å². The summed E-state index contributed by atoms with van der Waals surface area (Å²) in [6.45, 7) is 5.23. The van der Waals surface area contributed by atoms with Gasteiger partial charge < -0.3 is 9.80 Å². The summed E-state index contributed by atoms with van der Waals surface area (Å²) in [6, 6.07) is 15.1. The zero-order valence-electron chi connectivity index (χ0n) is 15.6. The van der Waals surface area contributed by atoms with E-state index in [0.29, 0.717) is 12.2 Å². The molecule has 0 amide bonds. The third kappa shape index (κ3) is 3.01. The van der Waals surface area contributed by atoms with Crippen LogP contribution in [0, 0.1) is 5.82 Å². The molecule has 5 rings (SSSR count). The minimum Gasteiger partial charge on any atom is -0.358 e. The molecule has 0 radical (unpaired) electrons. The molecule has 28 heavy (non-hydrogen) atoms. The fourth-order valence-corrected chi connectivity index (χ4v) is 4.46. The Morgan fingerprint density at radius 2 is 1.86 bits per heavy atom. The van der Waals surface area contributed by atoms with Gasteiger partial charge in [0.25, 0.3) is 0 Å². The fraction of sp³-hybridized carbons (Fsp3) is 0.333. The SMILES string of the molecule is O=c1[nH]c2ccccc2c2[n+]1C[C@@H](C[NH+]1CCN(c3ccccc3F)CC1)N2. The maximum absolute atomic E-state index is 14.0. The number of nitrogens with one attached hydrogen (secondary N) is 3. The Hall–Kier alpha value is -2.93. The summed E-state index contributed by atoms with van der Waals surface area (Å²) in [5.74, 6) is 0.759. The van der Waals surface area contributed by atoms with E-state index < -0.39 is 0 Å². The van der Waals surface area contributed by atoms with E-state index in [2.05, 4.69) is 15.2 Å². The maximum atomic E-state index is 14.0. The Balaban J connectivity index is 1.26. The number of hydrogen-bond acceptors (Lipinski definition) is 3. The first-order chi connectivity index (χ1) is 13.7. The molecular formula is C21H24FN5O+2. The Morgan fingerprint density at radius 1 is 1.11 bits per heavy atom. The standard InChI is InChI=1S/C21H22FN5O/c22-17-6-2-4-8-19(17)26-11-9-25(10-12-26)13-15-14-27-20(23-15)16-5-1-3-7-18(16)24-21(27)28/h1-8,15H,9-14H2,(H,23,24,28)/p+2/t15-/m1/s1. The lowest BCUT2D eigenvalue weighted by Gasteiger charge is -2.34. The number of aromatic nitrogens is 2. The minimum atomic E-state index is -0.152. The highest BCUT2D eigenvalue weighted by Crippen LogP contribution is 2.20. The number of fused-ring (bicyclic) bond motifs is 3. The third-order valence-corrected chi connectivity index (χ3v) is 5.88. The molecule has 7 heteroatoms. The number of anilines is 2. The number of benzene rings is 2. The van der Waals surface area contributed by atoms with Gasteiger partial charge in [-0.3, -0.25) is 5.32 Å². The number of rotatable bonds is 3. The van der Waals surface area contributed by atoms with Crippen LogP contribution in [0.1, 0.15) is 0 Å². The Bertz CT molecular complexity index is 1070. The van der Waals surface area contributed by atoms with Crippen molar-refractivity contribution in [2.75, 3.05) is 42.9 Å². The average molecular weight is 381 g/mol. The molecule has 0 spiro atoms. The van der Waals surface area contributed by atoms with Crippen molar-refractivity contribution < 1.29 is 13.9 Å². The highest BCUT2D eigenvalue weighted by molar-refractivity contribution is 5.87. The fourth-order valence-electron chi connectivity index (χ4n) is 4.46. The molecule has 1 fully saturated rings. The monoisotopic (exact) mass is 381 g/mol. The van der Waals surface area contributed by atoms with Crippen LogP contribution in [-0.2, 0) is 6.54 Å². The van der Waals surface area contributed by atoms with Crippen molar-refractivity contribution in [3.8, 4) is 0 Å². The second-order valence-electron chi connectivity index (χ2n) is 7.67. The quantitative estimate of drug-likeness (QED) is 0.567.